The highest BCUT2D eigenvalue weighted by Crippen LogP contribution is 2.68. The van der Waals surface area contributed by atoms with Gasteiger partial charge in [0.25, 0.3) is 0 Å². The number of nitrogens with one attached hydrogen (secondary N) is 1. The molecule has 4 N–H and O–H groups in total. The van der Waals surface area contributed by atoms with Crippen LogP contribution in [0.5, 0.6) is 0 Å². The molecular weight excluding hydrogens is 490 g/mol. The van der Waals surface area contributed by atoms with Crippen LogP contribution in [0, 0.1) is 46.3 Å². The summed E-state index contributed by atoms with van der Waals surface area (Å²) in [5.41, 5.74) is 1.30. The van der Waals surface area contributed by atoms with Crippen LogP contribution in [0.4, 0.5) is 0 Å². The Balaban J connectivity index is 1.20. The van der Waals surface area contributed by atoms with Crippen LogP contribution < -0.4 is 5.32 Å². The number of aliphatic hydroxyl groups excluding tert-OH is 2. The van der Waals surface area contributed by atoms with Crippen molar-refractivity contribution < 1.29 is 24.9 Å². The highest BCUT2D eigenvalue weighted by atomic mass is 16.4. The number of benzene rings is 1. The first-order valence-electron chi connectivity index (χ1n) is 15.4. The van der Waals surface area contributed by atoms with Crippen LogP contribution in [-0.2, 0) is 16.0 Å². The van der Waals surface area contributed by atoms with Crippen molar-refractivity contribution in [3.63, 3.8) is 0 Å². The summed E-state index contributed by atoms with van der Waals surface area (Å²) in [7, 11) is 0. The van der Waals surface area contributed by atoms with Crippen molar-refractivity contribution in [3.8, 4) is 0 Å². The Kier molecular flexibility index (Phi) is 8.18. The Morgan fingerprint density at radius 1 is 0.974 bits per heavy atom. The van der Waals surface area contributed by atoms with Gasteiger partial charge in [0, 0.05) is 12.8 Å². The van der Waals surface area contributed by atoms with Crippen molar-refractivity contribution in [2.45, 2.75) is 110 Å². The molecule has 0 heterocycles. The number of fused-ring (bicyclic) bond motifs is 5. The van der Waals surface area contributed by atoms with Crippen LogP contribution in [0.2, 0.25) is 0 Å². The number of aliphatic hydroxyl groups is 2. The number of hydrogen-bond acceptors (Lipinski definition) is 4. The van der Waals surface area contributed by atoms with Gasteiger partial charge >= 0.3 is 5.97 Å². The Bertz CT molecular complexity index is 1030. The van der Waals surface area contributed by atoms with Crippen molar-refractivity contribution in [3.05, 3.63) is 35.9 Å². The number of amides is 1. The summed E-state index contributed by atoms with van der Waals surface area (Å²) in [6.45, 7) is 7.17. The molecule has 1 amide bonds. The Hall–Kier alpha value is -1.92. The lowest BCUT2D eigenvalue weighted by Gasteiger charge is -2.62. The molecule has 4 fully saturated rings. The third kappa shape index (κ3) is 5.40. The van der Waals surface area contributed by atoms with E-state index in [2.05, 4.69) is 26.1 Å². The minimum atomic E-state index is -1.00. The summed E-state index contributed by atoms with van der Waals surface area (Å²) in [6.07, 6.45) is 9.15. The summed E-state index contributed by atoms with van der Waals surface area (Å²) < 4.78 is 0. The van der Waals surface area contributed by atoms with Gasteiger partial charge in [-0.3, -0.25) is 4.79 Å². The van der Waals surface area contributed by atoms with E-state index in [4.69, 9.17) is 0 Å². The number of aliphatic carboxylic acids is 1. The fraction of sp³-hybridized carbons (Fsp3) is 0.758. The Morgan fingerprint density at radius 3 is 2.38 bits per heavy atom. The fourth-order valence-electron chi connectivity index (χ4n) is 10.1. The maximum atomic E-state index is 12.8. The molecule has 0 spiro atoms. The molecule has 0 aromatic heterocycles. The molecule has 1 aromatic rings. The van der Waals surface area contributed by atoms with Crippen molar-refractivity contribution in [2.24, 2.45) is 46.3 Å². The minimum Gasteiger partial charge on any atom is -0.480 e. The van der Waals surface area contributed by atoms with Crippen LogP contribution in [0.25, 0.3) is 0 Å². The summed E-state index contributed by atoms with van der Waals surface area (Å²) in [5, 5.41) is 34.2. The monoisotopic (exact) mass is 539 g/mol. The van der Waals surface area contributed by atoms with E-state index in [1.54, 1.807) is 0 Å². The van der Waals surface area contributed by atoms with Gasteiger partial charge in [0.1, 0.15) is 6.04 Å². The van der Waals surface area contributed by atoms with Gasteiger partial charge in [0.05, 0.1) is 12.2 Å². The predicted molar refractivity (Wildman–Crippen MR) is 151 cm³/mol. The van der Waals surface area contributed by atoms with Crippen molar-refractivity contribution in [1.82, 2.24) is 5.32 Å². The summed E-state index contributed by atoms with van der Waals surface area (Å²) in [5.74, 6) is 1.51. The van der Waals surface area contributed by atoms with Crippen molar-refractivity contribution >= 4 is 11.9 Å². The van der Waals surface area contributed by atoms with E-state index >= 15 is 0 Å². The average molecular weight is 540 g/mol. The van der Waals surface area contributed by atoms with Crippen molar-refractivity contribution in [1.29, 1.82) is 0 Å². The lowest BCUT2D eigenvalue weighted by molar-refractivity contribution is -0.174. The predicted octanol–water partition coefficient (Wildman–Crippen LogP) is 5.21. The first-order valence-corrected chi connectivity index (χ1v) is 15.4. The molecule has 0 unspecified atom stereocenters. The third-order valence-corrected chi connectivity index (χ3v) is 12.2. The van der Waals surface area contributed by atoms with Gasteiger partial charge in [-0.15, -0.1) is 0 Å². The molecular formula is C33H49NO5. The first-order chi connectivity index (χ1) is 18.5. The highest BCUT2D eigenvalue weighted by Gasteiger charge is 2.62. The van der Waals surface area contributed by atoms with Crippen molar-refractivity contribution in [2.75, 3.05) is 0 Å². The second kappa shape index (κ2) is 11.2. The van der Waals surface area contributed by atoms with Crippen LogP contribution >= 0.6 is 0 Å². The molecule has 4 aliphatic carbocycles. The maximum absolute atomic E-state index is 12.8. The molecule has 39 heavy (non-hydrogen) atoms. The normalized spacial score (nSPS) is 41.0. The van der Waals surface area contributed by atoms with E-state index in [0.717, 1.165) is 56.9 Å². The first kappa shape index (κ1) is 28.6. The topological polar surface area (TPSA) is 107 Å². The molecule has 0 aliphatic heterocycles. The number of carboxylic acids is 1. The van der Waals surface area contributed by atoms with Gasteiger partial charge in [-0.1, -0.05) is 51.1 Å². The molecule has 1 aromatic carbocycles. The molecule has 6 heteroatoms. The largest absolute Gasteiger partial charge is 0.480 e. The average Bonchev–Trinajstić information content (AvgIpc) is 3.25. The quantitative estimate of drug-likeness (QED) is 0.363. The second-order valence-corrected chi connectivity index (χ2v) is 14.1. The number of carbonyl (C=O) groups is 2. The van der Waals surface area contributed by atoms with Gasteiger partial charge in [0.2, 0.25) is 5.91 Å². The SMILES string of the molecule is C[C@H](CCC(=O)N[C@@H](Cc1ccccc1)C(=O)O)[C@H]1CC[C@H]2[C@@H]3[C@@H](O)C[C@@H]4C[C@H](O)CC[C@]4(C)[C@H]3CC[C@]12C. The minimum absolute atomic E-state index is 0.173. The highest BCUT2D eigenvalue weighted by molar-refractivity contribution is 5.83. The fourth-order valence-corrected chi connectivity index (χ4v) is 10.1. The number of hydrogen-bond donors (Lipinski definition) is 4. The van der Waals surface area contributed by atoms with Crippen LogP contribution in [-0.4, -0.2) is 45.4 Å². The zero-order chi connectivity index (χ0) is 27.9. The number of carbonyl (C=O) groups excluding carboxylic acids is 1. The molecule has 11 atom stereocenters. The van der Waals surface area contributed by atoms with Crippen LogP contribution in [0.15, 0.2) is 30.3 Å². The summed E-state index contributed by atoms with van der Waals surface area (Å²) in [4.78, 5) is 24.6. The van der Waals surface area contributed by atoms with Gasteiger partial charge in [-0.25, -0.2) is 4.79 Å². The molecule has 6 nitrogen and oxygen atoms in total. The summed E-state index contributed by atoms with van der Waals surface area (Å²) in [6, 6.07) is 8.51. The number of carboxylic acid groups (broad SMARTS) is 1. The molecule has 4 saturated carbocycles. The van der Waals surface area contributed by atoms with Gasteiger partial charge in [-0.2, -0.15) is 0 Å². The lowest BCUT2D eigenvalue weighted by atomic mass is 9.43. The van der Waals surface area contributed by atoms with E-state index in [9.17, 15) is 24.9 Å². The molecule has 0 saturated heterocycles. The number of rotatable bonds is 8. The van der Waals surface area contributed by atoms with E-state index < -0.39 is 12.0 Å². The van der Waals surface area contributed by atoms with Gasteiger partial charge in [0.15, 0.2) is 0 Å². The molecule has 4 aliphatic rings. The van der Waals surface area contributed by atoms with E-state index in [0.29, 0.717) is 41.9 Å². The smallest absolute Gasteiger partial charge is 0.326 e. The van der Waals surface area contributed by atoms with E-state index in [-0.39, 0.29) is 35.4 Å². The summed E-state index contributed by atoms with van der Waals surface area (Å²) >= 11 is 0. The molecule has 0 radical (unpaired) electrons. The van der Waals surface area contributed by atoms with E-state index in [1.807, 2.05) is 30.3 Å². The van der Waals surface area contributed by atoms with Gasteiger partial charge in [-0.05, 0) is 110 Å². The molecule has 0 bridgehead atoms. The zero-order valence-electron chi connectivity index (χ0n) is 24.0. The molecule has 5 rings (SSSR count). The third-order valence-electron chi connectivity index (χ3n) is 12.2. The standard InChI is InChI=1S/C33H49NO5/c1-20(9-12-29(37)34-27(31(38)39)17-21-7-5-4-6-8-21)24-10-11-25-30-26(14-16-33(24,25)3)32(2)15-13-23(35)18-22(32)19-28(30)36/h4-8,20,22-28,30,35-36H,9-19H2,1-3H3,(H,34,37)(H,38,39)/t20-,22+,23-,24-,25+,26+,27+,28+,30+,32+,33-/m1/s1. The molecule has 216 valence electrons. The maximum Gasteiger partial charge on any atom is 0.326 e. The Morgan fingerprint density at radius 2 is 1.67 bits per heavy atom. The lowest BCUT2D eigenvalue weighted by Crippen LogP contribution is -2.58. The zero-order valence-corrected chi connectivity index (χ0v) is 24.0. The van der Waals surface area contributed by atoms with Gasteiger partial charge < -0.3 is 20.6 Å². The van der Waals surface area contributed by atoms with E-state index in [1.165, 1.54) is 6.42 Å². The Labute approximate surface area is 234 Å². The van der Waals surface area contributed by atoms with Crippen LogP contribution in [0.3, 0.4) is 0 Å². The second-order valence-electron chi connectivity index (χ2n) is 14.1. The van der Waals surface area contributed by atoms with Crippen LogP contribution in [0.1, 0.15) is 90.5 Å².